The minimum atomic E-state index is -4.01. The summed E-state index contributed by atoms with van der Waals surface area (Å²) in [5.74, 6) is -1.04. The van der Waals surface area contributed by atoms with E-state index in [9.17, 15) is 17.6 Å². The average molecular weight is 460 g/mol. The normalized spacial score (nSPS) is 13.8. The summed E-state index contributed by atoms with van der Waals surface area (Å²) >= 11 is 6.04. The summed E-state index contributed by atoms with van der Waals surface area (Å²) in [6.07, 6.45) is 0. The highest BCUT2D eigenvalue weighted by molar-refractivity contribution is 9.11. The molecule has 0 fully saturated rings. The number of halogens is 3. The molecule has 0 aliphatic rings. The monoisotopic (exact) mass is 458 g/mol. The fourth-order valence-electron chi connectivity index (χ4n) is 1.61. The third-order valence-corrected chi connectivity index (χ3v) is 5.87. The van der Waals surface area contributed by atoms with E-state index in [0.717, 1.165) is 12.1 Å². The Morgan fingerprint density at radius 3 is 2.09 bits per heavy atom. The van der Waals surface area contributed by atoms with Crippen LogP contribution in [0.2, 0.25) is 0 Å². The Morgan fingerprint density at radius 1 is 1.23 bits per heavy atom. The molecule has 0 heterocycles. The largest absolute Gasteiger partial charge is 0.350 e. The fourth-order valence-corrected chi connectivity index (χ4v) is 5.34. The maximum absolute atomic E-state index is 13.2. The van der Waals surface area contributed by atoms with Gasteiger partial charge in [0.2, 0.25) is 15.9 Å². The minimum Gasteiger partial charge on any atom is -0.350 e. The van der Waals surface area contributed by atoms with E-state index in [-0.39, 0.29) is 13.8 Å². The number of amides is 1. The Labute approximate surface area is 146 Å². The molecule has 1 aromatic rings. The van der Waals surface area contributed by atoms with Crippen molar-refractivity contribution in [2.75, 3.05) is 0 Å². The second kappa shape index (κ2) is 6.94. The van der Waals surface area contributed by atoms with Gasteiger partial charge in [0.25, 0.3) is 0 Å². The van der Waals surface area contributed by atoms with Gasteiger partial charge in [-0.15, -0.1) is 0 Å². The maximum atomic E-state index is 13.2. The SMILES string of the molecule is CC(NS(=O)(=O)c1c(Br)cc(F)cc1Br)C(=O)NC(C)(C)C. The number of carbonyl (C=O) groups excluding carboxylic acids is 1. The third-order valence-electron chi connectivity index (χ3n) is 2.46. The zero-order chi connectivity index (χ0) is 17.3. The zero-order valence-electron chi connectivity index (χ0n) is 12.5. The Hall–Kier alpha value is -0.510. The molecule has 0 aromatic heterocycles. The third kappa shape index (κ3) is 5.29. The number of carbonyl (C=O) groups is 1. The Balaban J connectivity index is 3.05. The topological polar surface area (TPSA) is 75.3 Å². The standard InChI is InChI=1S/C13H17Br2FN2O3S/c1-7(12(19)17-13(2,3)4)18-22(20,21)11-9(14)5-8(16)6-10(11)15/h5-7,18H,1-4H3,(H,17,19). The Kier molecular flexibility index (Phi) is 6.16. The summed E-state index contributed by atoms with van der Waals surface area (Å²) in [6.45, 7) is 6.81. The highest BCUT2D eigenvalue weighted by Gasteiger charge is 2.28. The van der Waals surface area contributed by atoms with Crippen LogP contribution in [0, 0.1) is 5.82 Å². The molecule has 1 aromatic carbocycles. The van der Waals surface area contributed by atoms with E-state index in [2.05, 4.69) is 41.9 Å². The number of benzene rings is 1. The highest BCUT2D eigenvalue weighted by atomic mass is 79.9. The van der Waals surface area contributed by atoms with Crippen LogP contribution in [-0.4, -0.2) is 25.9 Å². The van der Waals surface area contributed by atoms with Crippen molar-refractivity contribution >= 4 is 47.8 Å². The summed E-state index contributed by atoms with van der Waals surface area (Å²) in [6, 6.07) is 1.10. The van der Waals surface area contributed by atoms with Crippen molar-refractivity contribution in [3.63, 3.8) is 0 Å². The molecule has 1 amide bonds. The second-order valence-electron chi connectivity index (χ2n) is 5.78. The van der Waals surface area contributed by atoms with E-state index in [1.807, 2.05) is 0 Å². The summed E-state index contributed by atoms with van der Waals surface area (Å²) < 4.78 is 40.4. The van der Waals surface area contributed by atoms with Crippen LogP contribution >= 0.6 is 31.9 Å². The van der Waals surface area contributed by atoms with Gasteiger partial charge >= 0.3 is 0 Å². The molecule has 1 unspecified atom stereocenters. The number of hydrogen-bond donors (Lipinski definition) is 2. The van der Waals surface area contributed by atoms with Crippen LogP contribution in [0.1, 0.15) is 27.7 Å². The van der Waals surface area contributed by atoms with Crippen LogP contribution in [-0.2, 0) is 14.8 Å². The van der Waals surface area contributed by atoms with Crippen LogP contribution in [0.3, 0.4) is 0 Å². The van der Waals surface area contributed by atoms with Crippen molar-refractivity contribution in [1.29, 1.82) is 0 Å². The fraction of sp³-hybridized carbons (Fsp3) is 0.462. The molecule has 9 heteroatoms. The Morgan fingerprint density at radius 2 is 1.68 bits per heavy atom. The van der Waals surface area contributed by atoms with Crippen molar-refractivity contribution in [2.45, 2.75) is 44.2 Å². The zero-order valence-corrected chi connectivity index (χ0v) is 16.5. The summed E-state index contributed by atoms with van der Waals surface area (Å²) in [4.78, 5) is 11.8. The smallest absolute Gasteiger partial charge is 0.243 e. The number of hydrogen-bond acceptors (Lipinski definition) is 3. The predicted molar refractivity (Wildman–Crippen MR) is 89.5 cm³/mol. The van der Waals surface area contributed by atoms with Crippen LogP contribution in [0.25, 0.3) is 0 Å². The van der Waals surface area contributed by atoms with Gasteiger partial charge in [0.15, 0.2) is 0 Å². The summed E-state index contributed by atoms with van der Waals surface area (Å²) in [5, 5.41) is 2.68. The minimum absolute atomic E-state index is 0.0651. The molecule has 5 nitrogen and oxygen atoms in total. The lowest BCUT2D eigenvalue weighted by molar-refractivity contribution is -0.123. The van der Waals surface area contributed by atoms with Gasteiger partial charge in [-0.25, -0.2) is 12.8 Å². The molecule has 2 N–H and O–H groups in total. The first-order chi connectivity index (χ1) is 9.83. The van der Waals surface area contributed by atoms with Crippen LogP contribution in [0.15, 0.2) is 26.0 Å². The quantitative estimate of drug-likeness (QED) is 0.726. The molecule has 0 aliphatic carbocycles. The molecule has 0 bridgehead atoms. The molecule has 1 atom stereocenters. The molecule has 0 aliphatic heterocycles. The number of sulfonamides is 1. The number of nitrogens with one attached hydrogen (secondary N) is 2. The molecular formula is C13H17Br2FN2O3S. The van der Waals surface area contributed by atoms with Gasteiger partial charge in [0, 0.05) is 14.5 Å². The lowest BCUT2D eigenvalue weighted by Crippen LogP contribution is -2.50. The van der Waals surface area contributed by atoms with Crippen molar-refractivity contribution in [3.8, 4) is 0 Å². The van der Waals surface area contributed by atoms with E-state index in [4.69, 9.17) is 0 Å². The van der Waals surface area contributed by atoms with E-state index < -0.39 is 33.3 Å². The van der Waals surface area contributed by atoms with Crippen LogP contribution in [0.4, 0.5) is 4.39 Å². The van der Waals surface area contributed by atoms with Crippen molar-refractivity contribution in [2.24, 2.45) is 0 Å². The molecule has 22 heavy (non-hydrogen) atoms. The average Bonchev–Trinajstić information content (AvgIpc) is 2.23. The molecule has 0 saturated heterocycles. The number of rotatable bonds is 4. The van der Waals surface area contributed by atoms with Crippen LogP contribution < -0.4 is 10.0 Å². The molecule has 0 saturated carbocycles. The summed E-state index contributed by atoms with van der Waals surface area (Å²) in [7, 11) is -4.01. The molecule has 1 rings (SSSR count). The first-order valence-electron chi connectivity index (χ1n) is 6.32. The molecule has 124 valence electrons. The molecular weight excluding hydrogens is 443 g/mol. The maximum Gasteiger partial charge on any atom is 0.243 e. The van der Waals surface area contributed by atoms with Gasteiger partial charge in [-0.3, -0.25) is 4.79 Å². The van der Waals surface area contributed by atoms with E-state index >= 15 is 0 Å². The van der Waals surface area contributed by atoms with E-state index in [1.54, 1.807) is 20.8 Å². The highest BCUT2D eigenvalue weighted by Crippen LogP contribution is 2.31. The van der Waals surface area contributed by atoms with Crippen LogP contribution in [0.5, 0.6) is 0 Å². The lowest BCUT2D eigenvalue weighted by atomic mass is 10.1. The van der Waals surface area contributed by atoms with Gasteiger partial charge < -0.3 is 5.32 Å². The first kappa shape index (κ1) is 19.5. The van der Waals surface area contributed by atoms with Gasteiger partial charge in [0.1, 0.15) is 10.7 Å². The van der Waals surface area contributed by atoms with Gasteiger partial charge in [-0.2, -0.15) is 4.72 Å². The summed E-state index contributed by atoms with van der Waals surface area (Å²) in [5.41, 5.74) is -0.478. The lowest BCUT2D eigenvalue weighted by Gasteiger charge is -2.23. The van der Waals surface area contributed by atoms with Crippen molar-refractivity contribution in [1.82, 2.24) is 10.0 Å². The van der Waals surface area contributed by atoms with Gasteiger partial charge in [0.05, 0.1) is 6.04 Å². The Bertz CT molecular complexity index is 664. The van der Waals surface area contributed by atoms with Gasteiger partial charge in [-0.05, 0) is 71.7 Å². The molecule has 0 radical (unpaired) electrons. The van der Waals surface area contributed by atoms with Gasteiger partial charge in [-0.1, -0.05) is 0 Å². The van der Waals surface area contributed by atoms with E-state index in [1.165, 1.54) is 6.92 Å². The van der Waals surface area contributed by atoms with Crippen molar-refractivity contribution < 1.29 is 17.6 Å². The predicted octanol–water partition coefficient (Wildman–Crippen LogP) is 2.93. The second-order valence-corrected chi connectivity index (χ2v) is 9.14. The molecule has 0 spiro atoms. The van der Waals surface area contributed by atoms with Crippen molar-refractivity contribution in [3.05, 3.63) is 26.9 Å². The van der Waals surface area contributed by atoms with E-state index in [0.29, 0.717) is 0 Å². The first-order valence-corrected chi connectivity index (χ1v) is 9.39.